The molecule has 0 aliphatic carbocycles. The van der Waals surface area contributed by atoms with Gasteiger partial charge in [0, 0.05) is 13.2 Å². The van der Waals surface area contributed by atoms with Crippen molar-refractivity contribution in [1.29, 1.82) is 0 Å². The number of nitrogen functional groups attached to an aromatic ring is 1. The van der Waals surface area contributed by atoms with Crippen LogP contribution < -0.4 is 21.9 Å². The van der Waals surface area contributed by atoms with Gasteiger partial charge in [0.2, 0.25) is 5.78 Å². The van der Waals surface area contributed by atoms with Crippen LogP contribution in [0.3, 0.4) is 0 Å². The Balaban J connectivity index is 1.83. The van der Waals surface area contributed by atoms with Crippen LogP contribution in [-0.4, -0.2) is 41.1 Å². The number of hydrogen-bond acceptors (Lipinski definition) is 6. The molecular weight excluding hydrogens is 380 g/mol. The van der Waals surface area contributed by atoms with Crippen LogP contribution >= 0.6 is 11.3 Å². The Morgan fingerprint density at radius 1 is 1.46 bits per heavy atom. The van der Waals surface area contributed by atoms with E-state index in [1.54, 1.807) is 11.3 Å². The number of ether oxygens (including phenoxy) is 1. The molecule has 0 amide bonds. The zero-order valence-electron chi connectivity index (χ0n) is 16.0. The second-order valence-corrected chi connectivity index (χ2v) is 8.15. The van der Waals surface area contributed by atoms with Gasteiger partial charge in [0.05, 0.1) is 4.88 Å². The molecular formula is C19H27N4O4S+. The van der Waals surface area contributed by atoms with Crippen LogP contribution in [0.2, 0.25) is 0 Å². The maximum atomic E-state index is 13.0. The third-order valence-electron chi connectivity index (χ3n) is 4.92. The molecule has 2 aromatic rings. The first-order valence-electron chi connectivity index (χ1n) is 9.63. The van der Waals surface area contributed by atoms with Crippen molar-refractivity contribution >= 4 is 22.9 Å². The number of anilines is 1. The summed E-state index contributed by atoms with van der Waals surface area (Å²) in [6.07, 6.45) is 2.79. The van der Waals surface area contributed by atoms with Gasteiger partial charge in [-0.3, -0.25) is 19.1 Å². The van der Waals surface area contributed by atoms with E-state index < -0.39 is 11.2 Å². The first-order chi connectivity index (χ1) is 13.5. The lowest BCUT2D eigenvalue weighted by Gasteiger charge is -2.21. The summed E-state index contributed by atoms with van der Waals surface area (Å²) < 4.78 is 6.99. The number of carbonyl (C=O) groups excluding carboxylic acids is 1. The molecule has 0 bridgehead atoms. The number of Topliss-reactive ketones (excluding diaryl/α,β-unsaturated/α-hetero) is 1. The number of aromatic amines is 1. The van der Waals surface area contributed by atoms with Gasteiger partial charge in [0.1, 0.15) is 37.1 Å². The number of thiophene rings is 1. The molecule has 1 saturated heterocycles. The topological polar surface area (TPSA) is 112 Å². The third kappa shape index (κ3) is 4.78. The van der Waals surface area contributed by atoms with Crippen molar-refractivity contribution < 1.29 is 14.4 Å². The number of H-pyrrole nitrogens is 1. The molecule has 152 valence electrons. The highest BCUT2D eigenvalue weighted by Gasteiger charge is 2.27. The van der Waals surface area contributed by atoms with Gasteiger partial charge in [-0.15, -0.1) is 11.3 Å². The number of hydrogen-bond donors (Lipinski definition) is 3. The molecule has 3 rings (SSSR count). The molecule has 1 aliphatic heterocycles. The summed E-state index contributed by atoms with van der Waals surface area (Å²) in [6, 6.07) is 4.02. The van der Waals surface area contributed by atoms with Gasteiger partial charge >= 0.3 is 5.69 Å². The predicted octanol–water partition coefficient (Wildman–Crippen LogP) is 0.0371. The second kappa shape index (κ2) is 9.31. The summed E-state index contributed by atoms with van der Waals surface area (Å²) in [6.45, 7) is 4.48. The Morgan fingerprint density at radius 3 is 2.93 bits per heavy atom. The van der Waals surface area contributed by atoms with Crippen LogP contribution in [0.25, 0.3) is 0 Å². The number of nitrogens with one attached hydrogen (secondary N) is 2. The fraction of sp³-hybridized carbons (Fsp3) is 0.526. The number of ketones is 1. The minimum Gasteiger partial charge on any atom is -0.384 e. The minimum absolute atomic E-state index is 0.0480. The van der Waals surface area contributed by atoms with Crippen molar-refractivity contribution in [1.82, 2.24) is 9.55 Å². The lowest BCUT2D eigenvalue weighted by atomic mass is 10.1. The van der Waals surface area contributed by atoms with Crippen molar-refractivity contribution in [3.05, 3.63) is 48.8 Å². The first-order valence-corrected chi connectivity index (χ1v) is 10.5. The molecule has 1 unspecified atom stereocenters. The van der Waals surface area contributed by atoms with Gasteiger partial charge in [0.25, 0.3) is 5.56 Å². The molecule has 4 N–H and O–H groups in total. The minimum atomic E-state index is -0.715. The zero-order chi connectivity index (χ0) is 20.1. The molecule has 8 nitrogen and oxygen atoms in total. The largest absolute Gasteiger partial charge is 0.384 e. The Kier molecular flexibility index (Phi) is 6.82. The van der Waals surface area contributed by atoms with E-state index in [2.05, 4.69) is 4.98 Å². The quantitative estimate of drug-likeness (QED) is 0.508. The van der Waals surface area contributed by atoms with Gasteiger partial charge in [-0.25, -0.2) is 4.79 Å². The number of nitrogens with two attached hydrogens (primary N) is 1. The van der Waals surface area contributed by atoms with E-state index in [9.17, 15) is 14.4 Å². The molecule has 3 heterocycles. The van der Waals surface area contributed by atoms with Crippen LogP contribution in [0, 0.1) is 0 Å². The molecule has 28 heavy (non-hydrogen) atoms. The molecule has 0 spiro atoms. The molecule has 1 fully saturated rings. The Hall–Kier alpha value is -2.23. The Labute approximate surface area is 166 Å². The summed E-state index contributed by atoms with van der Waals surface area (Å²) >= 11 is 1.64. The van der Waals surface area contributed by atoms with Crippen LogP contribution in [0.5, 0.6) is 0 Å². The molecule has 0 aromatic carbocycles. The SMILES string of the molecule is CCCn1c(N)c(C(=O)C[NH+](Cc2cccs2)C[C@@H]2CCCO2)c(=O)[nH]c1=O. The fourth-order valence-corrected chi connectivity index (χ4v) is 4.39. The van der Waals surface area contributed by atoms with Crippen LogP contribution in [0.1, 0.15) is 41.4 Å². The van der Waals surface area contributed by atoms with Gasteiger partial charge in [-0.2, -0.15) is 0 Å². The van der Waals surface area contributed by atoms with Crippen LogP contribution in [-0.2, 0) is 17.8 Å². The van der Waals surface area contributed by atoms with E-state index in [1.807, 2.05) is 24.4 Å². The summed E-state index contributed by atoms with van der Waals surface area (Å²) in [5, 5.41) is 2.00. The lowest BCUT2D eigenvalue weighted by molar-refractivity contribution is -0.908. The maximum Gasteiger partial charge on any atom is 0.329 e. The fourth-order valence-electron chi connectivity index (χ4n) is 3.61. The van der Waals surface area contributed by atoms with Crippen molar-refractivity contribution in [2.24, 2.45) is 0 Å². The highest BCUT2D eigenvalue weighted by atomic mass is 32.1. The zero-order valence-corrected chi connectivity index (χ0v) is 16.8. The standard InChI is InChI=1S/C19H26N4O4S/c1-2-7-23-17(20)16(18(25)21-19(23)26)15(24)12-22(10-13-5-3-8-27-13)11-14-6-4-9-28-14/h4,6,9,13H,2-3,5,7-8,10-12,20H2,1H3,(H,21,25,26)/p+1/t13-/m0/s1. The van der Waals surface area contributed by atoms with Crippen molar-refractivity contribution in [2.45, 2.75) is 45.4 Å². The van der Waals surface area contributed by atoms with Crippen molar-refractivity contribution in [2.75, 3.05) is 25.4 Å². The number of quaternary nitrogens is 1. The molecule has 0 saturated carbocycles. The maximum absolute atomic E-state index is 13.0. The van der Waals surface area contributed by atoms with Crippen LogP contribution in [0.15, 0.2) is 27.1 Å². The second-order valence-electron chi connectivity index (χ2n) is 7.12. The number of aromatic nitrogens is 2. The van der Waals surface area contributed by atoms with E-state index in [4.69, 9.17) is 10.5 Å². The highest BCUT2D eigenvalue weighted by molar-refractivity contribution is 7.09. The third-order valence-corrected chi connectivity index (χ3v) is 5.80. The summed E-state index contributed by atoms with van der Waals surface area (Å²) in [5.74, 6) is -0.402. The molecule has 0 radical (unpaired) electrons. The van der Waals surface area contributed by atoms with E-state index >= 15 is 0 Å². The van der Waals surface area contributed by atoms with Gasteiger partial charge in [0.15, 0.2) is 0 Å². The number of carbonyl (C=O) groups is 1. The van der Waals surface area contributed by atoms with E-state index in [1.165, 1.54) is 9.44 Å². The molecule has 9 heteroatoms. The molecule has 2 atom stereocenters. The highest BCUT2D eigenvalue weighted by Crippen LogP contribution is 2.11. The average molecular weight is 408 g/mol. The first kappa shape index (κ1) is 20.5. The molecule has 2 aromatic heterocycles. The number of nitrogens with zero attached hydrogens (tertiary/aromatic N) is 1. The van der Waals surface area contributed by atoms with E-state index in [-0.39, 0.29) is 29.8 Å². The molecule has 1 aliphatic rings. The monoisotopic (exact) mass is 407 g/mol. The van der Waals surface area contributed by atoms with Gasteiger partial charge in [-0.1, -0.05) is 13.0 Å². The van der Waals surface area contributed by atoms with Gasteiger partial charge < -0.3 is 15.4 Å². The Morgan fingerprint density at radius 2 is 2.29 bits per heavy atom. The predicted molar refractivity (Wildman–Crippen MR) is 108 cm³/mol. The summed E-state index contributed by atoms with van der Waals surface area (Å²) in [5.41, 5.74) is 4.62. The smallest absolute Gasteiger partial charge is 0.329 e. The normalized spacial score (nSPS) is 17.7. The van der Waals surface area contributed by atoms with Crippen LogP contribution in [0.4, 0.5) is 5.82 Å². The Bertz CT molecular complexity index is 913. The number of rotatable bonds is 9. The lowest BCUT2D eigenvalue weighted by Crippen LogP contribution is -3.12. The van der Waals surface area contributed by atoms with E-state index in [0.29, 0.717) is 26.1 Å². The van der Waals surface area contributed by atoms with Crippen molar-refractivity contribution in [3.63, 3.8) is 0 Å². The average Bonchev–Trinajstić information content (AvgIpc) is 3.32. The van der Waals surface area contributed by atoms with E-state index in [0.717, 1.165) is 24.3 Å². The van der Waals surface area contributed by atoms with Gasteiger partial charge in [-0.05, 0) is 30.7 Å². The summed E-state index contributed by atoms with van der Waals surface area (Å²) in [4.78, 5) is 41.7. The van der Waals surface area contributed by atoms with Crippen molar-refractivity contribution in [3.8, 4) is 0 Å². The summed E-state index contributed by atoms with van der Waals surface area (Å²) in [7, 11) is 0.